The van der Waals surface area contributed by atoms with Gasteiger partial charge in [0.25, 0.3) is 5.88 Å². The number of pyridine rings is 1. The molecule has 28 heavy (non-hydrogen) atoms. The summed E-state index contributed by atoms with van der Waals surface area (Å²) in [5.74, 6) is -5.95. The molecule has 0 saturated heterocycles. The molecular weight excluding hydrogens is 392 g/mol. The van der Waals surface area contributed by atoms with Crippen molar-refractivity contribution in [3.8, 4) is 17.1 Å². The highest BCUT2D eigenvalue weighted by atomic mass is 19.4. The smallest absolute Gasteiger partial charge is 0.427 e. The van der Waals surface area contributed by atoms with Gasteiger partial charge < -0.3 is 4.74 Å². The van der Waals surface area contributed by atoms with Crippen molar-refractivity contribution in [1.29, 1.82) is 0 Å². The maximum absolute atomic E-state index is 14.2. The van der Waals surface area contributed by atoms with Gasteiger partial charge in [-0.05, 0) is 19.9 Å². The molecule has 6 nitrogen and oxygen atoms in total. The highest BCUT2D eigenvalue weighted by molar-refractivity contribution is 5.59. The second kappa shape index (κ2) is 6.31. The lowest BCUT2D eigenvalue weighted by Crippen LogP contribution is -2.45. The first kappa shape index (κ1) is 19.8. The van der Waals surface area contributed by atoms with Crippen LogP contribution in [0.25, 0.3) is 16.9 Å². The summed E-state index contributed by atoms with van der Waals surface area (Å²) in [4.78, 5) is 7.53. The van der Waals surface area contributed by atoms with Crippen molar-refractivity contribution in [3.05, 3.63) is 36.3 Å². The van der Waals surface area contributed by atoms with Gasteiger partial charge in [0.1, 0.15) is 0 Å². The van der Waals surface area contributed by atoms with Crippen LogP contribution in [-0.2, 0) is 5.92 Å². The van der Waals surface area contributed by atoms with E-state index in [4.69, 9.17) is 0 Å². The number of rotatable bonds is 4. The van der Waals surface area contributed by atoms with Crippen LogP contribution in [0.3, 0.4) is 0 Å². The van der Waals surface area contributed by atoms with Crippen LogP contribution in [0.2, 0.25) is 0 Å². The van der Waals surface area contributed by atoms with E-state index < -0.39 is 35.2 Å². The van der Waals surface area contributed by atoms with Gasteiger partial charge in [0.05, 0.1) is 11.9 Å². The summed E-state index contributed by atoms with van der Waals surface area (Å²) < 4.78 is 85.7. The van der Waals surface area contributed by atoms with Gasteiger partial charge in [-0.2, -0.15) is 22.0 Å². The molecule has 0 spiro atoms. The van der Waals surface area contributed by atoms with Gasteiger partial charge in [0.2, 0.25) is 5.82 Å². The maximum Gasteiger partial charge on any atom is 0.427 e. The first-order valence-corrected chi connectivity index (χ1v) is 7.80. The Morgan fingerprint density at radius 2 is 1.64 bits per heavy atom. The van der Waals surface area contributed by atoms with Gasteiger partial charge in [0, 0.05) is 24.9 Å². The molecule has 150 valence electrons. The van der Waals surface area contributed by atoms with Crippen molar-refractivity contribution in [3.63, 3.8) is 0 Å². The molecule has 3 rings (SSSR count). The lowest BCUT2D eigenvalue weighted by atomic mass is 10.1. The molecule has 3 heterocycles. The average Bonchev–Trinajstić information content (AvgIpc) is 2.98. The second-order valence-corrected chi connectivity index (χ2v) is 6.53. The number of fused-ring (bicyclic) bond motifs is 1. The Labute approximate surface area is 154 Å². The zero-order chi connectivity index (χ0) is 20.9. The van der Waals surface area contributed by atoms with Gasteiger partial charge in [0.15, 0.2) is 17.1 Å². The molecule has 12 heteroatoms. The molecule has 0 amide bonds. The third-order valence-electron chi connectivity index (χ3n) is 3.82. The Bertz CT molecular complexity index is 1020. The van der Waals surface area contributed by atoms with E-state index in [-0.39, 0.29) is 16.9 Å². The van der Waals surface area contributed by atoms with Gasteiger partial charge in [-0.25, -0.2) is 9.37 Å². The molecule has 0 atom stereocenters. The molecule has 3 aromatic heterocycles. The van der Waals surface area contributed by atoms with Crippen molar-refractivity contribution in [2.45, 2.75) is 38.5 Å². The number of alkyl halides is 5. The van der Waals surface area contributed by atoms with Crippen LogP contribution < -0.4 is 4.74 Å². The zero-order valence-corrected chi connectivity index (χ0v) is 14.7. The average molecular weight is 405 g/mol. The Morgan fingerprint density at radius 1 is 0.964 bits per heavy atom. The second-order valence-electron chi connectivity index (χ2n) is 6.53. The predicted octanol–water partition coefficient (Wildman–Crippen LogP) is 4.16. The Balaban J connectivity index is 1.98. The molecule has 0 aliphatic heterocycles. The van der Waals surface area contributed by atoms with Crippen LogP contribution in [0, 0.1) is 5.82 Å². The first-order chi connectivity index (χ1) is 12.8. The highest BCUT2D eigenvalue weighted by Crippen LogP contribution is 2.35. The Hall–Kier alpha value is -2.92. The summed E-state index contributed by atoms with van der Waals surface area (Å²) in [6, 6.07) is 0.844. The molecule has 0 aromatic carbocycles. The van der Waals surface area contributed by atoms with Crippen LogP contribution in [0.1, 0.15) is 26.6 Å². The Kier molecular flexibility index (Phi) is 4.47. The molecule has 0 aliphatic rings. The number of hydrogen-bond acceptors (Lipinski definition) is 5. The zero-order valence-electron chi connectivity index (χ0n) is 14.7. The monoisotopic (exact) mass is 405 g/mol. The first-order valence-electron chi connectivity index (χ1n) is 7.80. The molecule has 0 saturated carbocycles. The highest BCUT2D eigenvalue weighted by Gasteiger charge is 2.50. The molecule has 0 radical (unpaired) electrons. The lowest BCUT2D eigenvalue weighted by molar-refractivity contribution is -0.235. The summed E-state index contributed by atoms with van der Waals surface area (Å²) in [5.41, 5.74) is -2.55. The van der Waals surface area contributed by atoms with Crippen molar-refractivity contribution in [2.75, 3.05) is 0 Å². The normalized spacial score (nSPS) is 13.2. The van der Waals surface area contributed by atoms with Crippen LogP contribution in [0.4, 0.5) is 26.3 Å². The molecule has 0 fully saturated rings. The van der Waals surface area contributed by atoms with Crippen molar-refractivity contribution >= 4 is 5.65 Å². The van der Waals surface area contributed by atoms with Gasteiger partial charge in [-0.15, -0.1) is 10.2 Å². The van der Waals surface area contributed by atoms with E-state index in [2.05, 4.69) is 24.9 Å². The van der Waals surface area contributed by atoms with E-state index in [0.29, 0.717) is 6.92 Å². The van der Waals surface area contributed by atoms with E-state index in [0.717, 1.165) is 42.9 Å². The number of nitrogens with zero attached hydrogens (tertiary/aromatic N) is 5. The minimum atomic E-state index is -4.75. The third-order valence-corrected chi connectivity index (χ3v) is 3.82. The fourth-order valence-electron chi connectivity index (χ4n) is 2.19. The third kappa shape index (κ3) is 3.58. The van der Waals surface area contributed by atoms with Crippen LogP contribution in [0.5, 0.6) is 5.88 Å². The van der Waals surface area contributed by atoms with E-state index >= 15 is 0 Å². The summed E-state index contributed by atoms with van der Waals surface area (Å²) in [6.45, 7) is 2.10. The lowest BCUT2D eigenvalue weighted by Gasteiger charge is -2.28. The summed E-state index contributed by atoms with van der Waals surface area (Å²) in [5, 5.41) is 6.97. The topological polar surface area (TPSA) is 65.2 Å². The van der Waals surface area contributed by atoms with E-state index in [1.54, 1.807) is 0 Å². The largest absolute Gasteiger partial charge is 0.460 e. The van der Waals surface area contributed by atoms with Crippen molar-refractivity contribution in [1.82, 2.24) is 24.6 Å². The molecular formula is C16H13F6N5O. The molecule has 0 unspecified atom stereocenters. The summed E-state index contributed by atoms with van der Waals surface area (Å²) in [6.07, 6.45) is -1.43. The quantitative estimate of drug-likeness (QED) is 0.610. The number of halogens is 6. The maximum atomic E-state index is 14.2. The number of ether oxygens (including phenoxy) is 1. The number of hydrogen-bond donors (Lipinski definition) is 0. The molecule has 0 bridgehead atoms. The fourth-order valence-corrected chi connectivity index (χ4v) is 2.19. The molecule has 0 aliphatic carbocycles. The van der Waals surface area contributed by atoms with Crippen LogP contribution in [0.15, 0.2) is 24.7 Å². The summed E-state index contributed by atoms with van der Waals surface area (Å²) in [7, 11) is 0. The van der Waals surface area contributed by atoms with Crippen molar-refractivity contribution in [2.24, 2.45) is 0 Å². The van der Waals surface area contributed by atoms with Crippen molar-refractivity contribution < 1.29 is 31.1 Å². The Morgan fingerprint density at radius 3 is 2.21 bits per heavy atom. The predicted molar refractivity (Wildman–Crippen MR) is 84.3 cm³/mol. The van der Waals surface area contributed by atoms with Gasteiger partial charge in [-0.3, -0.25) is 9.38 Å². The van der Waals surface area contributed by atoms with Gasteiger partial charge in [-0.1, -0.05) is 0 Å². The minimum absolute atomic E-state index is 0.0332. The van der Waals surface area contributed by atoms with Gasteiger partial charge >= 0.3 is 12.1 Å². The fraction of sp³-hybridized carbons (Fsp3) is 0.375. The van der Waals surface area contributed by atoms with E-state index in [1.165, 1.54) is 0 Å². The SMILES string of the molecule is CC(F)(F)c1nnc2cnc(-c3cnc(OC(C)(C)C(F)(F)F)c(F)c3)cn12. The molecule has 0 N–H and O–H groups in total. The van der Waals surface area contributed by atoms with Crippen LogP contribution >= 0.6 is 0 Å². The molecule has 3 aromatic rings. The van der Waals surface area contributed by atoms with E-state index in [9.17, 15) is 26.3 Å². The minimum Gasteiger partial charge on any atom is -0.460 e. The standard InChI is InChI=1S/C16H13F6N5O/c1-14(2,16(20,21)22)28-12-9(17)4-8(5-24-12)10-7-27-11(6-23-10)25-26-13(27)15(3,18)19/h4-7H,1-3H3. The van der Waals surface area contributed by atoms with E-state index in [1.807, 2.05) is 0 Å². The summed E-state index contributed by atoms with van der Waals surface area (Å²) >= 11 is 0. The number of aromatic nitrogens is 5. The van der Waals surface area contributed by atoms with Crippen LogP contribution in [-0.4, -0.2) is 36.3 Å².